The number of hydrogen-bond acceptors (Lipinski definition) is 3. The van der Waals surface area contributed by atoms with Crippen molar-refractivity contribution < 1.29 is 18.7 Å². The van der Waals surface area contributed by atoms with Gasteiger partial charge < -0.3 is 14.8 Å². The van der Waals surface area contributed by atoms with Crippen LogP contribution in [0.25, 0.3) is 0 Å². The Kier molecular flexibility index (Phi) is 3.79. The van der Waals surface area contributed by atoms with Crippen LogP contribution in [-0.4, -0.2) is 18.6 Å². The quantitative estimate of drug-likeness (QED) is 0.902. The SMILES string of the molecule is O=C(Nc1ccc(Br)cc1F)[C@@H]1COc2ccccc2O1. The van der Waals surface area contributed by atoms with Gasteiger partial charge in [0.2, 0.25) is 6.10 Å². The van der Waals surface area contributed by atoms with Gasteiger partial charge in [-0.1, -0.05) is 28.1 Å². The second-order valence-corrected chi connectivity index (χ2v) is 5.39. The molecule has 1 N–H and O–H groups in total. The van der Waals surface area contributed by atoms with E-state index in [0.29, 0.717) is 16.0 Å². The number of nitrogens with one attached hydrogen (secondary N) is 1. The standard InChI is InChI=1S/C15H11BrFNO3/c16-9-5-6-11(10(17)7-9)18-15(19)14-8-20-12-3-1-2-4-13(12)21-14/h1-7,14H,8H2,(H,18,19)/t14-/m0/s1. The topological polar surface area (TPSA) is 47.6 Å². The minimum Gasteiger partial charge on any atom is -0.485 e. The maximum absolute atomic E-state index is 13.7. The monoisotopic (exact) mass is 351 g/mol. The van der Waals surface area contributed by atoms with Crippen molar-refractivity contribution in [3.05, 3.63) is 52.8 Å². The minimum absolute atomic E-state index is 0.0843. The van der Waals surface area contributed by atoms with Crippen LogP contribution in [0.3, 0.4) is 0 Å². The maximum atomic E-state index is 13.7. The summed E-state index contributed by atoms with van der Waals surface area (Å²) in [5.41, 5.74) is 0.102. The summed E-state index contributed by atoms with van der Waals surface area (Å²) in [6.45, 7) is 0.0843. The van der Waals surface area contributed by atoms with E-state index in [2.05, 4.69) is 21.2 Å². The van der Waals surface area contributed by atoms with E-state index < -0.39 is 17.8 Å². The number of ether oxygens (including phenoxy) is 2. The van der Waals surface area contributed by atoms with E-state index in [4.69, 9.17) is 9.47 Å². The number of rotatable bonds is 2. The molecule has 108 valence electrons. The lowest BCUT2D eigenvalue weighted by molar-refractivity contribution is -0.125. The molecule has 0 aromatic heterocycles. The van der Waals surface area contributed by atoms with E-state index in [1.54, 1.807) is 24.3 Å². The van der Waals surface area contributed by atoms with E-state index in [1.807, 2.05) is 6.07 Å². The number of amides is 1. The number of fused-ring (bicyclic) bond motifs is 1. The summed E-state index contributed by atoms with van der Waals surface area (Å²) in [5, 5.41) is 2.50. The molecule has 2 aromatic rings. The highest BCUT2D eigenvalue weighted by molar-refractivity contribution is 9.10. The third kappa shape index (κ3) is 3.00. The Bertz CT molecular complexity index is 692. The normalized spacial score (nSPS) is 16.4. The number of para-hydroxylation sites is 2. The predicted octanol–water partition coefficient (Wildman–Crippen LogP) is 3.37. The molecule has 1 aliphatic heterocycles. The second kappa shape index (κ2) is 5.73. The van der Waals surface area contributed by atoms with Gasteiger partial charge >= 0.3 is 0 Å². The highest BCUT2D eigenvalue weighted by Gasteiger charge is 2.27. The molecule has 0 saturated carbocycles. The number of hydrogen-bond donors (Lipinski definition) is 1. The van der Waals surface area contributed by atoms with Gasteiger partial charge in [-0.3, -0.25) is 4.79 Å². The van der Waals surface area contributed by atoms with Gasteiger partial charge in [-0.25, -0.2) is 4.39 Å². The third-order valence-electron chi connectivity index (χ3n) is 2.99. The van der Waals surface area contributed by atoms with Crippen LogP contribution in [0.1, 0.15) is 0 Å². The van der Waals surface area contributed by atoms with Gasteiger partial charge in [-0.15, -0.1) is 0 Å². The Morgan fingerprint density at radius 3 is 2.76 bits per heavy atom. The molecule has 1 atom stereocenters. The van der Waals surface area contributed by atoms with E-state index in [0.717, 1.165) is 0 Å². The second-order valence-electron chi connectivity index (χ2n) is 4.48. The largest absolute Gasteiger partial charge is 0.485 e. The molecule has 3 rings (SSSR count). The van der Waals surface area contributed by atoms with Crippen molar-refractivity contribution >= 4 is 27.5 Å². The zero-order valence-corrected chi connectivity index (χ0v) is 12.4. The van der Waals surface area contributed by atoms with Crippen molar-refractivity contribution in [2.24, 2.45) is 0 Å². The molecule has 6 heteroatoms. The summed E-state index contributed by atoms with van der Waals surface area (Å²) in [7, 11) is 0. The minimum atomic E-state index is -0.817. The van der Waals surface area contributed by atoms with E-state index in [-0.39, 0.29) is 12.3 Å². The first-order chi connectivity index (χ1) is 10.1. The molecule has 1 aliphatic rings. The summed E-state index contributed by atoms with van der Waals surface area (Å²) >= 11 is 3.16. The van der Waals surface area contributed by atoms with Gasteiger partial charge in [0.05, 0.1) is 5.69 Å². The van der Waals surface area contributed by atoms with Crippen molar-refractivity contribution in [3.8, 4) is 11.5 Å². The molecule has 1 amide bonds. The summed E-state index contributed by atoms with van der Waals surface area (Å²) in [4.78, 5) is 12.1. The molecule has 0 radical (unpaired) electrons. The fourth-order valence-corrected chi connectivity index (χ4v) is 2.29. The van der Waals surface area contributed by atoms with Crippen LogP contribution in [0.2, 0.25) is 0 Å². The smallest absolute Gasteiger partial charge is 0.269 e. The van der Waals surface area contributed by atoms with Crippen LogP contribution in [0.5, 0.6) is 11.5 Å². The Labute approximate surface area is 129 Å². The molecule has 4 nitrogen and oxygen atoms in total. The molecule has 21 heavy (non-hydrogen) atoms. The van der Waals surface area contributed by atoms with Gasteiger partial charge in [-0.2, -0.15) is 0 Å². The lowest BCUT2D eigenvalue weighted by atomic mass is 10.2. The third-order valence-corrected chi connectivity index (χ3v) is 3.48. The molecular formula is C15H11BrFNO3. The van der Waals surface area contributed by atoms with Crippen LogP contribution in [0.4, 0.5) is 10.1 Å². The van der Waals surface area contributed by atoms with Gasteiger partial charge in [0.25, 0.3) is 5.91 Å². The average molecular weight is 352 g/mol. The van der Waals surface area contributed by atoms with Crippen LogP contribution in [-0.2, 0) is 4.79 Å². The number of carbonyl (C=O) groups is 1. The molecule has 1 heterocycles. The molecule has 0 aliphatic carbocycles. The molecule has 2 aromatic carbocycles. The molecule has 0 unspecified atom stereocenters. The lowest BCUT2D eigenvalue weighted by Crippen LogP contribution is -2.40. The van der Waals surface area contributed by atoms with Gasteiger partial charge in [0, 0.05) is 4.47 Å². The lowest BCUT2D eigenvalue weighted by Gasteiger charge is -2.25. The molecule has 0 saturated heterocycles. The van der Waals surface area contributed by atoms with Gasteiger partial charge in [-0.05, 0) is 30.3 Å². The summed E-state index contributed by atoms with van der Waals surface area (Å²) in [5.74, 6) is 0.122. The molecule has 0 bridgehead atoms. The van der Waals surface area contributed by atoms with Gasteiger partial charge in [0.15, 0.2) is 11.5 Å². The average Bonchev–Trinajstić information content (AvgIpc) is 2.49. The number of benzene rings is 2. The van der Waals surface area contributed by atoms with Crippen molar-refractivity contribution in [1.29, 1.82) is 0 Å². The first-order valence-electron chi connectivity index (χ1n) is 6.28. The molecule has 0 fully saturated rings. The summed E-state index contributed by atoms with van der Waals surface area (Å²) < 4.78 is 25.3. The Hall–Kier alpha value is -2.08. The zero-order valence-electron chi connectivity index (χ0n) is 10.8. The van der Waals surface area contributed by atoms with E-state index in [1.165, 1.54) is 12.1 Å². The number of anilines is 1. The first-order valence-corrected chi connectivity index (χ1v) is 7.07. The maximum Gasteiger partial charge on any atom is 0.269 e. The van der Waals surface area contributed by atoms with Crippen molar-refractivity contribution in [1.82, 2.24) is 0 Å². The van der Waals surface area contributed by atoms with Crippen molar-refractivity contribution in [2.45, 2.75) is 6.10 Å². The number of halogens is 2. The van der Waals surface area contributed by atoms with Crippen LogP contribution in [0, 0.1) is 5.82 Å². The van der Waals surface area contributed by atoms with Crippen LogP contribution in [0.15, 0.2) is 46.9 Å². The predicted molar refractivity (Wildman–Crippen MR) is 79.1 cm³/mol. The van der Waals surface area contributed by atoms with E-state index in [9.17, 15) is 9.18 Å². The van der Waals surface area contributed by atoms with Gasteiger partial charge in [0.1, 0.15) is 12.4 Å². The fraction of sp³-hybridized carbons (Fsp3) is 0.133. The zero-order chi connectivity index (χ0) is 14.8. The number of carbonyl (C=O) groups excluding carboxylic acids is 1. The Morgan fingerprint density at radius 2 is 2.00 bits per heavy atom. The Morgan fingerprint density at radius 1 is 1.24 bits per heavy atom. The molecular weight excluding hydrogens is 341 g/mol. The highest BCUT2D eigenvalue weighted by Crippen LogP contribution is 2.31. The van der Waals surface area contributed by atoms with E-state index >= 15 is 0 Å². The summed E-state index contributed by atoms with van der Waals surface area (Å²) in [6.07, 6.45) is -0.817. The first kappa shape index (κ1) is 13.9. The van der Waals surface area contributed by atoms with Crippen LogP contribution < -0.4 is 14.8 Å². The summed E-state index contributed by atoms with van der Waals surface area (Å²) in [6, 6.07) is 11.5. The molecule has 0 spiro atoms. The fourth-order valence-electron chi connectivity index (χ4n) is 1.95. The van der Waals surface area contributed by atoms with Crippen LogP contribution >= 0.6 is 15.9 Å². The highest BCUT2D eigenvalue weighted by atomic mass is 79.9. The van der Waals surface area contributed by atoms with Crippen molar-refractivity contribution in [3.63, 3.8) is 0 Å². The van der Waals surface area contributed by atoms with Crippen molar-refractivity contribution in [2.75, 3.05) is 11.9 Å². The Balaban J connectivity index is 1.72.